The highest BCUT2D eigenvalue weighted by molar-refractivity contribution is 6.30. The van der Waals surface area contributed by atoms with Gasteiger partial charge < -0.3 is 19.9 Å². The molecule has 0 aliphatic carbocycles. The van der Waals surface area contributed by atoms with Gasteiger partial charge in [-0.15, -0.1) is 24.8 Å². The van der Waals surface area contributed by atoms with Gasteiger partial charge in [0, 0.05) is 48.4 Å². The lowest BCUT2D eigenvalue weighted by atomic mass is 9.92. The Hall–Kier alpha value is -3.13. The molecule has 2 aliphatic rings. The summed E-state index contributed by atoms with van der Waals surface area (Å²) in [7, 11) is 2.18. The van der Waals surface area contributed by atoms with E-state index >= 15 is 0 Å². The van der Waals surface area contributed by atoms with E-state index in [9.17, 15) is 4.79 Å². The summed E-state index contributed by atoms with van der Waals surface area (Å²) in [5.41, 5.74) is 7.10. The quantitative estimate of drug-likeness (QED) is 0.203. The van der Waals surface area contributed by atoms with Crippen LogP contribution in [0.2, 0.25) is 5.02 Å². The Morgan fingerprint density at radius 1 is 0.860 bits per heavy atom. The minimum Gasteiger partial charge on any atom is -0.494 e. The summed E-state index contributed by atoms with van der Waals surface area (Å²) in [5, 5.41) is 3.77. The van der Waals surface area contributed by atoms with Gasteiger partial charge in [0.1, 0.15) is 5.75 Å². The standard InChI is InChI=1S/C34H35ClN4O2.2ClH/c1-38-15-17-39(18-16-38)14-5-6-19-41-27-12-13-28-32(21-27)36-33(40)23-30-29(24-8-3-2-4-9-24)22-31(37-34(28)30)25-10-7-11-26(35)20-25;;/h2-4,7-13,20-22H,5-6,14-19,23H2,1H3,(H,36,40);2*1H. The Morgan fingerprint density at radius 2 is 1.63 bits per heavy atom. The molecule has 4 aromatic rings. The number of nitrogens with zero attached hydrogens (tertiary/aromatic N) is 3. The van der Waals surface area contributed by atoms with Crippen molar-refractivity contribution in [2.24, 2.45) is 0 Å². The number of carbonyl (C=O) groups excluding carboxylic acids is 1. The molecule has 6 nitrogen and oxygen atoms in total. The molecule has 6 rings (SSSR count). The van der Waals surface area contributed by atoms with Crippen molar-refractivity contribution in [3.05, 3.63) is 89.4 Å². The molecule has 2 aliphatic heterocycles. The molecule has 1 aromatic heterocycles. The minimum absolute atomic E-state index is 0. The molecular formula is C34H37Cl3N4O2. The number of nitrogens with one attached hydrogen (secondary N) is 1. The van der Waals surface area contributed by atoms with E-state index in [4.69, 9.17) is 21.3 Å². The largest absolute Gasteiger partial charge is 0.494 e. The predicted octanol–water partition coefficient (Wildman–Crippen LogP) is 7.48. The second-order valence-electron chi connectivity index (χ2n) is 10.9. The topological polar surface area (TPSA) is 57.7 Å². The third kappa shape index (κ3) is 7.88. The molecule has 1 N–H and O–H groups in total. The fraction of sp³-hybridized carbons (Fsp3) is 0.294. The van der Waals surface area contributed by atoms with E-state index in [0.717, 1.165) is 96.2 Å². The molecule has 3 aromatic carbocycles. The number of piperazine rings is 1. The van der Waals surface area contributed by atoms with Crippen LogP contribution in [0.5, 0.6) is 5.75 Å². The van der Waals surface area contributed by atoms with Crippen molar-refractivity contribution in [1.82, 2.24) is 14.8 Å². The summed E-state index contributed by atoms with van der Waals surface area (Å²) in [6, 6.07) is 25.9. The zero-order valence-electron chi connectivity index (χ0n) is 24.2. The number of benzene rings is 3. The van der Waals surface area contributed by atoms with Gasteiger partial charge in [0.2, 0.25) is 5.91 Å². The van der Waals surface area contributed by atoms with Crippen LogP contribution in [0.25, 0.3) is 33.6 Å². The maximum atomic E-state index is 13.2. The molecule has 0 bridgehead atoms. The number of carbonyl (C=O) groups is 1. The van der Waals surface area contributed by atoms with E-state index in [-0.39, 0.29) is 37.1 Å². The SMILES string of the molecule is CN1CCN(CCCCOc2ccc3c(c2)NC(=O)Cc2c(-c4ccccc4)cc(-c4cccc(Cl)c4)nc2-3)CC1.Cl.Cl. The van der Waals surface area contributed by atoms with Crippen molar-refractivity contribution < 1.29 is 9.53 Å². The average Bonchev–Trinajstić information content (AvgIpc) is 3.12. The first-order valence-corrected chi connectivity index (χ1v) is 14.7. The normalized spacial score (nSPS) is 14.8. The third-order valence-electron chi connectivity index (χ3n) is 7.92. The van der Waals surface area contributed by atoms with Crippen LogP contribution >= 0.6 is 36.4 Å². The molecule has 0 unspecified atom stereocenters. The molecule has 3 heterocycles. The molecule has 0 spiro atoms. The zero-order valence-corrected chi connectivity index (χ0v) is 26.6. The number of rotatable bonds is 8. The number of likely N-dealkylation sites (N-methyl/N-ethyl adjacent to an activating group) is 1. The maximum absolute atomic E-state index is 13.2. The lowest BCUT2D eigenvalue weighted by Crippen LogP contribution is -2.44. The number of hydrogen-bond acceptors (Lipinski definition) is 5. The number of ether oxygens (including phenoxy) is 1. The van der Waals surface area contributed by atoms with E-state index in [2.05, 4.69) is 40.4 Å². The Balaban J connectivity index is 0.00000212. The molecular weight excluding hydrogens is 603 g/mol. The summed E-state index contributed by atoms with van der Waals surface area (Å²) in [4.78, 5) is 23.2. The monoisotopic (exact) mass is 638 g/mol. The van der Waals surface area contributed by atoms with Gasteiger partial charge in [0.05, 0.1) is 30.1 Å². The first-order valence-electron chi connectivity index (χ1n) is 14.4. The Labute approximate surface area is 271 Å². The van der Waals surface area contributed by atoms with E-state index in [1.807, 2.05) is 60.7 Å². The van der Waals surface area contributed by atoms with E-state index in [1.54, 1.807) is 0 Å². The van der Waals surface area contributed by atoms with Gasteiger partial charge >= 0.3 is 0 Å². The fourth-order valence-electron chi connectivity index (χ4n) is 5.62. The highest BCUT2D eigenvalue weighted by atomic mass is 35.5. The molecule has 43 heavy (non-hydrogen) atoms. The van der Waals surface area contributed by atoms with Crippen molar-refractivity contribution >= 4 is 48.0 Å². The average molecular weight is 640 g/mol. The van der Waals surface area contributed by atoms with E-state index in [0.29, 0.717) is 11.6 Å². The number of amides is 1. The zero-order chi connectivity index (χ0) is 28.2. The number of unbranched alkanes of at least 4 members (excludes halogenated alkanes) is 1. The smallest absolute Gasteiger partial charge is 0.228 e. The van der Waals surface area contributed by atoms with E-state index in [1.165, 1.54) is 0 Å². The number of hydrogen-bond donors (Lipinski definition) is 1. The second kappa shape index (κ2) is 15.0. The minimum atomic E-state index is -0.0659. The van der Waals surface area contributed by atoms with Gasteiger partial charge in [-0.1, -0.05) is 54.1 Å². The Kier molecular flexibility index (Phi) is 11.5. The third-order valence-corrected chi connectivity index (χ3v) is 8.16. The molecule has 0 saturated carbocycles. The van der Waals surface area contributed by atoms with Gasteiger partial charge in [-0.05, 0) is 73.5 Å². The molecule has 0 radical (unpaired) electrons. The molecule has 1 amide bonds. The van der Waals surface area contributed by atoms with Gasteiger partial charge in [0.25, 0.3) is 0 Å². The van der Waals surface area contributed by atoms with Crippen LogP contribution in [-0.2, 0) is 11.2 Å². The first kappa shape index (κ1) is 32.8. The van der Waals surface area contributed by atoms with Crippen molar-refractivity contribution in [3.8, 4) is 39.4 Å². The fourth-order valence-corrected chi connectivity index (χ4v) is 5.81. The molecule has 9 heteroatoms. The molecule has 226 valence electrons. The highest BCUT2D eigenvalue weighted by Crippen LogP contribution is 2.41. The van der Waals surface area contributed by atoms with Crippen LogP contribution in [0.15, 0.2) is 78.9 Å². The van der Waals surface area contributed by atoms with Crippen molar-refractivity contribution in [2.45, 2.75) is 19.3 Å². The summed E-state index contributed by atoms with van der Waals surface area (Å²) >= 11 is 6.34. The lowest BCUT2D eigenvalue weighted by Gasteiger charge is -2.32. The van der Waals surface area contributed by atoms with Gasteiger partial charge in [-0.3, -0.25) is 4.79 Å². The number of anilines is 1. The Bertz CT molecular complexity index is 1540. The Morgan fingerprint density at radius 3 is 2.40 bits per heavy atom. The van der Waals surface area contributed by atoms with Gasteiger partial charge in [0.15, 0.2) is 0 Å². The number of aromatic nitrogens is 1. The van der Waals surface area contributed by atoms with Crippen molar-refractivity contribution in [3.63, 3.8) is 0 Å². The molecule has 0 atom stereocenters. The number of fused-ring (bicyclic) bond motifs is 3. The molecule has 1 fully saturated rings. The van der Waals surface area contributed by atoms with Crippen molar-refractivity contribution in [2.75, 3.05) is 51.7 Å². The van der Waals surface area contributed by atoms with Crippen LogP contribution < -0.4 is 10.1 Å². The van der Waals surface area contributed by atoms with Gasteiger partial charge in [-0.2, -0.15) is 0 Å². The summed E-state index contributed by atoms with van der Waals surface area (Å²) in [6.07, 6.45) is 2.33. The number of pyridine rings is 1. The van der Waals surface area contributed by atoms with Crippen LogP contribution in [-0.4, -0.2) is 67.1 Å². The maximum Gasteiger partial charge on any atom is 0.228 e. The van der Waals surface area contributed by atoms with Crippen molar-refractivity contribution in [1.29, 1.82) is 0 Å². The van der Waals surface area contributed by atoms with Gasteiger partial charge in [-0.25, -0.2) is 4.98 Å². The van der Waals surface area contributed by atoms with Crippen LogP contribution in [0.3, 0.4) is 0 Å². The summed E-state index contributed by atoms with van der Waals surface area (Å²) < 4.78 is 6.13. The molecule has 1 saturated heterocycles. The summed E-state index contributed by atoms with van der Waals surface area (Å²) in [5.74, 6) is 0.685. The first-order chi connectivity index (χ1) is 20.0. The van der Waals surface area contributed by atoms with Crippen LogP contribution in [0.1, 0.15) is 18.4 Å². The summed E-state index contributed by atoms with van der Waals surface area (Å²) in [6.45, 7) is 6.32. The van der Waals surface area contributed by atoms with Crippen LogP contribution in [0.4, 0.5) is 5.69 Å². The second-order valence-corrected chi connectivity index (χ2v) is 11.3. The number of halogens is 3. The lowest BCUT2D eigenvalue weighted by molar-refractivity contribution is -0.115. The van der Waals surface area contributed by atoms with Crippen LogP contribution in [0, 0.1) is 0 Å². The highest BCUT2D eigenvalue weighted by Gasteiger charge is 2.25. The predicted molar refractivity (Wildman–Crippen MR) is 181 cm³/mol. The van der Waals surface area contributed by atoms with E-state index < -0.39 is 0 Å².